The molecule has 0 saturated heterocycles. The lowest BCUT2D eigenvalue weighted by Crippen LogP contribution is -2.38. The van der Waals surface area contributed by atoms with Crippen molar-refractivity contribution in [1.29, 1.82) is 0 Å². The van der Waals surface area contributed by atoms with Gasteiger partial charge < -0.3 is 10.6 Å². The van der Waals surface area contributed by atoms with E-state index in [1.165, 1.54) is 37.8 Å². The number of rotatable bonds is 5. The Kier molecular flexibility index (Phi) is 5.80. The van der Waals surface area contributed by atoms with Crippen molar-refractivity contribution in [1.82, 2.24) is 9.88 Å². The molecule has 3 heteroatoms. The molecule has 1 aromatic heterocycles. The number of likely N-dealkylation sites (N-methyl/N-ethyl adjacent to an activating group) is 1. The molecule has 2 unspecified atom stereocenters. The van der Waals surface area contributed by atoms with Crippen molar-refractivity contribution in [2.45, 2.75) is 44.6 Å². The Balaban J connectivity index is 1.75. The van der Waals surface area contributed by atoms with Crippen LogP contribution in [0.2, 0.25) is 0 Å². The zero-order valence-electron chi connectivity index (χ0n) is 12.1. The lowest BCUT2D eigenvalue weighted by Gasteiger charge is -2.27. The van der Waals surface area contributed by atoms with E-state index in [9.17, 15) is 0 Å². The highest BCUT2D eigenvalue weighted by atomic mass is 15.1. The molecule has 0 aromatic carbocycles. The maximum atomic E-state index is 6.30. The standard InChI is InChI=1S/C16H27N3/c1-19(12-10-15-8-5-6-11-18-15)13-14-7-3-2-4-9-16(14)17/h5-6,8,11,14,16H,2-4,7,9-10,12-13,17H2,1H3. The van der Waals surface area contributed by atoms with E-state index in [1.807, 2.05) is 12.3 Å². The van der Waals surface area contributed by atoms with Crippen molar-refractivity contribution in [3.05, 3.63) is 30.1 Å². The lowest BCUT2D eigenvalue weighted by atomic mass is 9.95. The molecule has 1 aliphatic rings. The van der Waals surface area contributed by atoms with Crippen LogP contribution in [0, 0.1) is 5.92 Å². The Bertz CT molecular complexity index is 352. The normalized spacial score (nSPS) is 24.4. The van der Waals surface area contributed by atoms with Gasteiger partial charge in [-0.15, -0.1) is 0 Å². The fourth-order valence-electron chi connectivity index (χ4n) is 2.98. The third kappa shape index (κ3) is 4.92. The van der Waals surface area contributed by atoms with Crippen LogP contribution < -0.4 is 5.73 Å². The molecule has 1 aromatic rings. The molecule has 0 spiro atoms. The largest absolute Gasteiger partial charge is 0.327 e. The fraction of sp³-hybridized carbons (Fsp3) is 0.688. The summed E-state index contributed by atoms with van der Waals surface area (Å²) in [5.41, 5.74) is 7.48. The molecule has 1 aliphatic carbocycles. The van der Waals surface area contributed by atoms with Crippen LogP contribution >= 0.6 is 0 Å². The molecule has 2 N–H and O–H groups in total. The Morgan fingerprint density at radius 3 is 2.89 bits per heavy atom. The zero-order chi connectivity index (χ0) is 13.5. The molecule has 106 valence electrons. The van der Waals surface area contributed by atoms with E-state index >= 15 is 0 Å². The molecule has 1 saturated carbocycles. The highest BCUT2D eigenvalue weighted by molar-refractivity contribution is 5.03. The van der Waals surface area contributed by atoms with Gasteiger partial charge in [0.05, 0.1) is 0 Å². The van der Waals surface area contributed by atoms with Gasteiger partial charge in [0.1, 0.15) is 0 Å². The van der Waals surface area contributed by atoms with Crippen molar-refractivity contribution < 1.29 is 0 Å². The molecule has 0 aliphatic heterocycles. The van der Waals surface area contributed by atoms with Crippen LogP contribution in [0.3, 0.4) is 0 Å². The first-order valence-electron chi connectivity index (χ1n) is 7.60. The van der Waals surface area contributed by atoms with Crippen LogP contribution in [0.5, 0.6) is 0 Å². The van der Waals surface area contributed by atoms with Crippen LogP contribution in [0.4, 0.5) is 0 Å². The van der Waals surface area contributed by atoms with Crippen LogP contribution in [-0.2, 0) is 6.42 Å². The summed E-state index contributed by atoms with van der Waals surface area (Å²) in [6.45, 7) is 2.20. The first-order chi connectivity index (χ1) is 9.25. The van der Waals surface area contributed by atoms with Gasteiger partial charge in [0.15, 0.2) is 0 Å². The SMILES string of the molecule is CN(CCc1ccccn1)CC1CCCCCC1N. The highest BCUT2D eigenvalue weighted by Crippen LogP contribution is 2.22. The Morgan fingerprint density at radius 2 is 2.11 bits per heavy atom. The molecular weight excluding hydrogens is 234 g/mol. The number of aromatic nitrogens is 1. The third-order valence-electron chi connectivity index (χ3n) is 4.24. The number of pyridine rings is 1. The number of nitrogens with zero attached hydrogens (tertiary/aromatic N) is 2. The van der Waals surface area contributed by atoms with Gasteiger partial charge in [0, 0.05) is 37.4 Å². The van der Waals surface area contributed by atoms with E-state index < -0.39 is 0 Å². The molecule has 0 bridgehead atoms. The van der Waals surface area contributed by atoms with Gasteiger partial charge in [0.2, 0.25) is 0 Å². The van der Waals surface area contributed by atoms with Crippen LogP contribution in [-0.4, -0.2) is 36.1 Å². The van der Waals surface area contributed by atoms with Gasteiger partial charge >= 0.3 is 0 Å². The molecule has 0 radical (unpaired) electrons. The smallest absolute Gasteiger partial charge is 0.0416 e. The van der Waals surface area contributed by atoms with Gasteiger partial charge in [-0.25, -0.2) is 0 Å². The number of hydrogen-bond donors (Lipinski definition) is 1. The summed E-state index contributed by atoms with van der Waals surface area (Å²) in [6, 6.07) is 6.53. The summed E-state index contributed by atoms with van der Waals surface area (Å²) >= 11 is 0. The predicted molar refractivity (Wildman–Crippen MR) is 80.0 cm³/mol. The molecule has 1 fully saturated rings. The topological polar surface area (TPSA) is 42.2 Å². The lowest BCUT2D eigenvalue weighted by molar-refractivity contribution is 0.244. The maximum absolute atomic E-state index is 6.30. The van der Waals surface area contributed by atoms with E-state index in [-0.39, 0.29) is 0 Å². The summed E-state index contributed by atoms with van der Waals surface area (Å²) in [4.78, 5) is 6.80. The average molecular weight is 261 g/mol. The van der Waals surface area contributed by atoms with E-state index in [4.69, 9.17) is 5.73 Å². The second-order valence-electron chi connectivity index (χ2n) is 5.90. The molecule has 0 amide bonds. The quantitative estimate of drug-likeness (QED) is 0.828. The van der Waals surface area contributed by atoms with E-state index in [1.54, 1.807) is 0 Å². The molecule has 1 heterocycles. The highest BCUT2D eigenvalue weighted by Gasteiger charge is 2.21. The third-order valence-corrected chi connectivity index (χ3v) is 4.24. The number of hydrogen-bond acceptors (Lipinski definition) is 3. The Labute approximate surface area is 117 Å². The molecule has 19 heavy (non-hydrogen) atoms. The average Bonchev–Trinajstić information content (AvgIpc) is 2.63. The van der Waals surface area contributed by atoms with Crippen molar-refractivity contribution in [3.8, 4) is 0 Å². The second-order valence-corrected chi connectivity index (χ2v) is 5.90. The summed E-state index contributed by atoms with van der Waals surface area (Å²) < 4.78 is 0. The maximum Gasteiger partial charge on any atom is 0.0416 e. The van der Waals surface area contributed by atoms with Gasteiger partial charge in [-0.3, -0.25) is 4.98 Å². The molecule has 2 rings (SSSR count). The summed E-state index contributed by atoms with van der Waals surface area (Å²) in [5.74, 6) is 0.677. The first kappa shape index (κ1) is 14.5. The van der Waals surface area contributed by atoms with Crippen molar-refractivity contribution in [3.63, 3.8) is 0 Å². The van der Waals surface area contributed by atoms with Gasteiger partial charge in [-0.2, -0.15) is 0 Å². The van der Waals surface area contributed by atoms with Crippen molar-refractivity contribution in [2.75, 3.05) is 20.1 Å². The molecule has 3 nitrogen and oxygen atoms in total. The summed E-state index contributed by atoms with van der Waals surface area (Å²) in [5, 5.41) is 0. The predicted octanol–water partition coefficient (Wildman–Crippen LogP) is 2.46. The first-order valence-corrected chi connectivity index (χ1v) is 7.60. The van der Waals surface area contributed by atoms with Crippen LogP contribution in [0.15, 0.2) is 24.4 Å². The van der Waals surface area contributed by atoms with Crippen LogP contribution in [0.1, 0.15) is 37.8 Å². The fourth-order valence-corrected chi connectivity index (χ4v) is 2.98. The van der Waals surface area contributed by atoms with Gasteiger partial charge in [0.25, 0.3) is 0 Å². The van der Waals surface area contributed by atoms with E-state index in [0.717, 1.165) is 19.5 Å². The van der Waals surface area contributed by atoms with Crippen molar-refractivity contribution in [2.24, 2.45) is 11.7 Å². The Hall–Kier alpha value is -0.930. The van der Waals surface area contributed by atoms with Gasteiger partial charge in [-0.05, 0) is 37.9 Å². The Morgan fingerprint density at radius 1 is 1.26 bits per heavy atom. The molecular formula is C16H27N3. The summed E-state index contributed by atoms with van der Waals surface area (Å²) in [7, 11) is 2.21. The zero-order valence-corrected chi connectivity index (χ0v) is 12.1. The second kappa shape index (κ2) is 7.61. The monoisotopic (exact) mass is 261 g/mol. The van der Waals surface area contributed by atoms with E-state index in [2.05, 4.69) is 29.1 Å². The van der Waals surface area contributed by atoms with Gasteiger partial charge in [-0.1, -0.05) is 25.3 Å². The summed E-state index contributed by atoms with van der Waals surface area (Å²) in [6.07, 6.45) is 9.44. The number of nitrogens with two attached hydrogens (primary N) is 1. The van der Waals surface area contributed by atoms with E-state index in [0.29, 0.717) is 12.0 Å². The minimum atomic E-state index is 0.403. The van der Waals surface area contributed by atoms with Crippen molar-refractivity contribution >= 4 is 0 Å². The molecule has 2 atom stereocenters. The van der Waals surface area contributed by atoms with Crippen LogP contribution in [0.25, 0.3) is 0 Å². The minimum absolute atomic E-state index is 0.403. The minimum Gasteiger partial charge on any atom is -0.327 e.